The number of carbonyl (C=O) groups excluding carboxylic acids is 6. The van der Waals surface area contributed by atoms with E-state index in [1.165, 1.54) is 16.9 Å². The normalized spacial score (nSPS) is 20.9. The molecule has 3 aromatic rings. The molecule has 0 spiro atoms. The average Bonchev–Trinajstić information content (AvgIpc) is 3.77. The van der Waals surface area contributed by atoms with Gasteiger partial charge in [-0.05, 0) is 101 Å². The van der Waals surface area contributed by atoms with Gasteiger partial charge in [-0.2, -0.15) is 0 Å². The first-order valence-electron chi connectivity index (χ1n) is 19.8. The van der Waals surface area contributed by atoms with E-state index < -0.39 is 29.7 Å². The maximum Gasteiger partial charge on any atom is 0.264 e. The number of hydrogen-bond acceptors (Lipinski definition) is 11. The number of carbonyl (C=O) groups is 6. The largest absolute Gasteiger partial charge is 0.384 e. The molecule has 56 heavy (non-hydrogen) atoms. The zero-order valence-corrected chi connectivity index (χ0v) is 32.4. The molecular formula is C41H47N7O7S. The summed E-state index contributed by atoms with van der Waals surface area (Å²) in [7, 11) is 0. The predicted octanol–water partition coefficient (Wildman–Crippen LogP) is 4.52. The SMILES string of the molecule is Cc1sc(NC(=O)CN2CCCC(OCCCCCNc3cccc4c3C(=O)N(C3CCC(=O)NC3=O)C4=O)C2)nc1-c1ccc2c(c1)CCN2C(=O)C1CC1. The van der Waals surface area contributed by atoms with Crippen molar-refractivity contribution in [1.82, 2.24) is 20.1 Å². The van der Waals surface area contributed by atoms with Crippen molar-refractivity contribution in [3.05, 3.63) is 58.0 Å². The molecule has 3 fully saturated rings. The standard InChI is InChI=1S/C41H47N7O7S/c1-24-36(27-12-13-31-26(21-27)16-19-47(31)38(52)25-10-11-25)45-41(56-24)44-34(50)23-46-18-6-7-28(22-46)55-20-4-2-3-17-42-30-9-5-8-29-35(30)40(54)48(39(29)53)32-14-15-33(49)43-37(32)51/h5,8-9,12-13,21,25,28,32,42H,2-4,6-7,10-11,14-20,22-23H2,1H3,(H,43,49,51)(H,44,45,50). The molecule has 2 unspecified atom stereocenters. The maximum absolute atomic E-state index is 13.3. The lowest BCUT2D eigenvalue weighted by Gasteiger charge is -2.32. The van der Waals surface area contributed by atoms with Crippen LogP contribution in [0.3, 0.4) is 0 Å². The number of benzene rings is 2. The van der Waals surface area contributed by atoms with Crippen LogP contribution < -0.4 is 20.9 Å². The number of fused-ring (bicyclic) bond motifs is 2. The summed E-state index contributed by atoms with van der Waals surface area (Å²) in [5, 5.41) is 9.12. The first-order chi connectivity index (χ1) is 27.1. The van der Waals surface area contributed by atoms with E-state index in [1.807, 2.05) is 24.0 Å². The molecule has 15 heteroatoms. The van der Waals surface area contributed by atoms with E-state index in [2.05, 4.69) is 26.9 Å². The van der Waals surface area contributed by atoms with Gasteiger partial charge in [0, 0.05) is 60.4 Å². The molecule has 1 aliphatic carbocycles. The van der Waals surface area contributed by atoms with Crippen molar-refractivity contribution in [3.63, 3.8) is 0 Å². The van der Waals surface area contributed by atoms with Crippen LogP contribution in [0.1, 0.15) is 88.9 Å². The van der Waals surface area contributed by atoms with Gasteiger partial charge in [0.2, 0.25) is 23.6 Å². The van der Waals surface area contributed by atoms with Gasteiger partial charge in [-0.1, -0.05) is 12.1 Å². The molecule has 5 aliphatic rings. The Balaban J connectivity index is 0.748. The van der Waals surface area contributed by atoms with Crippen molar-refractivity contribution in [2.24, 2.45) is 5.92 Å². The van der Waals surface area contributed by atoms with Gasteiger partial charge in [0.1, 0.15) is 6.04 Å². The van der Waals surface area contributed by atoms with E-state index >= 15 is 0 Å². The third kappa shape index (κ3) is 7.98. The number of aryl methyl sites for hydroxylation is 1. The summed E-state index contributed by atoms with van der Waals surface area (Å²) in [6, 6.07) is 10.3. The number of hydrogen-bond donors (Lipinski definition) is 3. The Morgan fingerprint density at radius 3 is 2.66 bits per heavy atom. The quantitative estimate of drug-likeness (QED) is 0.156. The average molecular weight is 782 g/mol. The van der Waals surface area contributed by atoms with Crippen molar-refractivity contribution in [1.29, 1.82) is 0 Å². The number of rotatable bonds is 14. The van der Waals surface area contributed by atoms with E-state index in [4.69, 9.17) is 9.72 Å². The summed E-state index contributed by atoms with van der Waals surface area (Å²) in [4.78, 5) is 87.1. The molecule has 294 valence electrons. The van der Waals surface area contributed by atoms with E-state index in [0.29, 0.717) is 30.5 Å². The molecule has 5 heterocycles. The van der Waals surface area contributed by atoms with Crippen molar-refractivity contribution in [2.75, 3.05) is 54.9 Å². The predicted molar refractivity (Wildman–Crippen MR) is 211 cm³/mol. The minimum atomic E-state index is -0.997. The summed E-state index contributed by atoms with van der Waals surface area (Å²) in [5.41, 5.74) is 5.11. The highest BCUT2D eigenvalue weighted by atomic mass is 32.1. The minimum Gasteiger partial charge on any atom is -0.384 e. The number of anilines is 3. The summed E-state index contributed by atoms with van der Waals surface area (Å²) in [5.74, 6) is -1.73. The summed E-state index contributed by atoms with van der Waals surface area (Å²) >= 11 is 1.47. The van der Waals surface area contributed by atoms with Crippen LogP contribution in [0.5, 0.6) is 0 Å². The van der Waals surface area contributed by atoms with Gasteiger partial charge in [0.15, 0.2) is 5.13 Å². The van der Waals surface area contributed by atoms with Gasteiger partial charge in [0.05, 0.1) is 29.5 Å². The number of aromatic nitrogens is 1. The van der Waals surface area contributed by atoms with Crippen LogP contribution in [0.4, 0.5) is 16.5 Å². The molecule has 1 aromatic heterocycles. The van der Waals surface area contributed by atoms with Crippen LogP contribution in [-0.4, -0.2) is 102 Å². The van der Waals surface area contributed by atoms with E-state index in [-0.39, 0.29) is 54.3 Å². The zero-order valence-electron chi connectivity index (χ0n) is 31.6. The van der Waals surface area contributed by atoms with Gasteiger partial charge in [-0.25, -0.2) is 4.98 Å². The highest BCUT2D eigenvalue weighted by molar-refractivity contribution is 7.16. The number of nitrogens with one attached hydrogen (secondary N) is 3. The Bertz CT molecular complexity index is 2080. The summed E-state index contributed by atoms with van der Waals surface area (Å²) in [6.07, 6.45) is 7.57. The molecule has 8 rings (SSSR count). The van der Waals surface area contributed by atoms with E-state index in [0.717, 1.165) is 91.2 Å². The molecule has 2 atom stereocenters. The topological polar surface area (TPSA) is 170 Å². The highest BCUT2D eigenvalue weighted by Gasteiger charge is 2.45. The van der Waals surface area contributed by atoms with Crippen molar-refractivity contribution in [2.45, 2.75) is 83.3 Å². The van der Waals surface area contributed by atoms with Crippen LogP contribution in [0, 0.1) is 12.8 Å². The Kier molecular flexibility index (Phi) is 11.0. The van der Waals surface area contributed by atoms with Gasteiger partial charge < -0.3 is 20.3 Å². The number of likely N-dealkylation sites (tertiary alicyclic amines) is 1. The Hall–Kier alpha value is -4.99. The third-order valence-electron chi connectivity index (χ3n) is 11.3. The van der Waals surface area contributed by atoms with E-state index in [1.54, 1.807) is 18.2 Å². The van der Waals surface area contributed by atoms with Crippen LogP contribution in [0.2, 0.25) is 0 Å². The molecular weight excluding hydrogens is 735 g/mol. The van der Waals surface area contributed by atoms with Crippen LogP contribution >= 0.6 is 11.3 Å². The number of unbranched alkanes of at least 4 members (excludes halogenated alkanes) is 2. The molecule has 14 nitrogen and oxygen atoms in total. The first kappa shape index (κ1) is 37.9. The minimum absolute atomic E-state index is 0.0569. The van der Waals surface area contributed by atoms with Crippen LogP contribution in [-0.2, 0) is 30.3 Å². The maximum atomic E-state index is 13.3. The molecule has 2 saturated heterocycles. The zero-order chi connectivity index (χ0) is 38.9. The van der Waals surface area contributed by atoms with Gasteiger partial charge in [-0.15, -0.1) is 11.3 Å². The highest BCUT2D eigenvalue weighted by Crippen LogP contribution is 2.39. The van der Waals surface area contributed by atoms with E-state index in [9.17, 15) is 28.8 Å². The number of piperidine rings is 2. The van der Waals surface area contributed by atoms with Gasteiger partial charge >= 0.3 is 0 Å². The van der Waals surface area contributed by atoms with Crippen molar-refractivity contribution in [3.8, 4) is 11.3 Å². The molecule has 2 aromatic carbocycles. The lowest BCUT2D eigenvalue weighted by molar-refractivity contribution is -0.136. The van der Waals surface area contributed by atoms with Crippen molar-refractivity contribution >= 4 is 63.3 Å². The fraction of sp³-hybridized carbons (Fsp3) is 0.488. The van der Waals surface area contributed by atoms with Gasteiger partial charge in [0.25, 0.3) is 11.8 Å². The Labute approximate surface area is 329 Å². The fourth-order valence-electron chi connectivity index (χ4n) is 8.24. The molecule has 0 radical (unpaired) electrons. The van der Waals surface area contributed by atoms with Crippen molar-refractivity contribution < 1.29 is 33.5 Å². The lowest BCUT2D eigenvalue weighted by Crippen LogP contribution is -2.54. The number of thiazole rings is 1. The molecule has 1 saturated carbocycles. The Morgan fingerprint density at radius 1 is 0.982 bits per heavy atom. The molecule has 0 bridgehead atoms. The first-order valence-corrected chi connectivity index (χ1v) is 20.6. The second-order valence-corrected chi connectivity index (χ2v) is 16.6. The smallest absolute Gasteiger partial charge is 0.264 e. The van der Waals surface area contributed by atoms with Gasteiger partial charge in [-0.3, -0.25) is 43.9 Å². The number of nitrogens with zero attached hydrogens (tertiary/aromatic N) is 4. The molecule has 3 N–H and O–H groups in total. The monoisotopic (exact) mass is 781 g/mol. The summed E-state index contributed by atoms with van der Waals surface area (Å²) < 4.78 is 6.22. The fourth-order valence-corrected chi connectivity index (χ4v) is 9.09. The lowest BCUT2D eigenvalue weighted by atomic mass is 10.0. The number of imide groups is 2. The molecule has 6 amide bonds. The molecule has 4 aliphatic heterocycles. The second-order valence-electron chi connectivity index (χ2n) is 15.4. The number of amides is 6. The van der Waals surface area contributed by atoms with Crippen LogP contribution in [0.25, 0.3) is 11.3 Å². The number of ether oxygens (including phenoxy) is 1. The Morgan fingerprint density at radius 2 is 1.84 bits per heavy atom. The third-order valence-corrected chi connectivity index (χ3v) is 12.2. The van der Waals surface area contributed by atoms with Crippen LogP contribution in [0.15, 0.2) is 36.4 Å². The summed E-state index contributed by atoms with van der Waals surface area (Å²) in [6.45, 7) is 5.74. The second kappa shape index (κ2) is 16.2.